The van der Waals surface area contributed by atoms with E-state index < -0.39 is 41.7 Å². The second-order valence-corrected chi connectivity index (χ2v) is 5.28. The SMILES string of the molecule is [2H][C@@]1(O)O[C@@H](C)[C@H](O)[C@@H](O)[C@]1(O)C(=O)/C=C/c1ccc(O)c(O)c1. The zero-order valence-electron chi connectivity index (χ0n) is 13.1. The number of aliphatic hydroxyl groups is 4. The first-order chi connectivity index (χ1) is 11.0. The van der Waals surface area contributed by atoms with Gasteiger partial charge in [-0.15, -0.1) is 0 Å². The van der Waals surface area contributed by atoms with Crippen LogP contribution in [0.5, 0.6) is 11.5 Å². The molecule has 6 N–H and O–H groups in total. The molecule has 1 saturated heterocycles. The summed E-state index contributed by atoms with van der Waals surface area (Å²) in [6, 6.07) is 3.64. The maximum absolute atomic E-state index is 12.2. The molecule has 1 aromatic rings. The van der Waals surface area contributed by atoms with Crippen molar-refractivity contribution in [3.05, 3.63) is 29.8 Å². The molecule has 2 rings (SSSR count). The van der Waals surface area contributed by atoms with Gasteiger partial charge in [0, 0.05) is 0 Å². The molecular formula is C15H18O8. The molecule has 1 fully saturated rings. The number of hydrogen-bond acceptors (Lipinski definition) is 8. The zero-order valence-corrected chi connectivity index (χ0v) is 12.1. The summed E-state index contributed by atoms with van der Waals surface area (Å²) < 4.78 is 12.3. The minimum absolute atomic E-state index is 0.260. The van der Waals surface area contributed by atoms with Gasteiger partial charge in [0.2, 0.25) is 5.60 Å². The summed E-state index contributed by atoms with van der Waals surface area (Å²) in [4.78, 5) is 12.2. The van der Waals surface area contributed by atoms with Crippen LogP contribution in [0.4, 0.5) is 0 Å². The summed E-state index contributed by atoms with van der Waals surface area (Å²) in [7, 11) is 0. The number of phenols is 2. The van der Waals surface area contributed by atoms with Crippen molar-refractivity contribution in [1.29, 1.82) is 0 Å². The molecule has 0 saturated carbocycles. The van der Waals surface area contributed by atoms with E-state index in [9.17, 15) is 35.4 Å². The van der Waals surface area contributed by atoms with E-state index >= 15 is 0 Å². The standard InChI is InChI=1S/C15H18O8/c1-7-12(19)13(20)15(22,14(21)23-7)11(18)5-3-8-2-4-9(16)10(17)6-8/h2-7,12-14,16-17,19-22H,1H3/b5-3+/t7-,12-,13+,14+,15+/m0/s1/i14D. The van der Waals surface area contributed by atoms with E-state index in [1.54, 1.807) is 0 Å². The van der Waals surface area contributed by atoms with Crippen LogP contribution < -0.4 is 0 Å². The Morgan fingerprint density at radius 1 is 1.30 bits per heavy atom. The number of aromatic hydroxyl groups is 2. The number of carbonyl (C=O) groups is 1. The molecule has 1 aliphatic rings. The molecule has 0 amide bonds. The van der Waals surface area contributed by atoms with E-state index in [-0.39, 0.29) is 11.3 Å². The molecule has 0 radical (unpaired) electrons. The van der Waals surface area contributed by atoms with Crippen LogP contribution in [0.2, 0.25) is 0 Å². The van der Waals surface area contributed by atoms with E-state index in [2.05, 4.69) is 0 Å². The Hall–Kier alpha value is -1.97. The average molecular weight is 327 g/mol. The third-order valence-corrected chi connectivity index (χ3v) is 3.66. The third-order valence-electron chi connectivity index (χ3n) is 3.66. The van der Waals surface area contributed by atoms with Gasteiger partial charge >= 0.3 is 0 Å². The van der Waals surface area contributed by atoms with Gasteiger partial charge < -0.3 is 35.4 Å². The van der Waals surface area contributed by atoms with E-state index in [0.717, 1.165) is 18.2 Å². The van der Waals surface area contributed by atoms with E-state index in [4.69, 9.17) is 6.11 Å². The van der Waals surface area contributed by atoms with Crippen molar-refractivity contribution in [2.75, 3.05) is 0 Å². The number of ketones is 1. The first-order valence-electron chi connectivity index (χ1n) is 7.24. The maximum atomic E-state index is 12.2. The molecule has 0 aliphatic carbocycles. The Labute approximate surface area is 132 Å². The largest absolute Gasteiger partial charge is 0.504 e. The number of aliphatic hydroxyl groups excluding tert-OH is 2. The van der Waals surface area contributed by atoms with Gasteiger partial charge in [-0.05, 0) is 30.7 Å². The van der Waals surface area contributed by atoms with Crippen LogP contribution in [0.3, 0.4) is 0 Å². The zero-order chi connectivity index (χ0) is 18.3. The number of phenolic OH excluding ortho intramolecular Hbond substituents is 2. The van der Waals surface area contributed by atoms with Crippen molar-refractivity contribution < 1.29 is 41.5 Å². The highest BCUT2D eigenvalue weighted by atomic mass is 16.6. The van der Waals surface area contributed by atoms with E-state index in [0.29, 0.717) is 0 Å². The van der Waals surface area contributed by atoms with Gasteiger partial charge in [0.05, 0.1) is 7.47 Å². The molecule has 8 heteroatoms. The molecule has 23 heavy (non-hydrogen) atoms. The monoisotopic (exact) mass is 327 g/mol. The Morgan fingerprint density at radius 3 is 2.57 bits per heavy atom. The van der Waals surface area contributed by atoms with Crippen LogP contribution in [0.25, 0.3) is 6.08 Å². The molecule has 126 valence electrons. The quantitative estimate of drug-likeness (QED) is 0.302. The fourth-order valence-electron chi connectivity index (χ4n) is 2.16. The van der Waals surface area contributed by atoms with Gasteiger partial charge in [-0.25, -0.2) is 0 Å². The second-order valence-electron chi connectivity index (χ2n) is 5.28. The molecular weight excluding hydrogens is 308 g/mol. The first-order valence-corrected chi connectivity index (χ1v) is 6.74. The predicted molar refractivity (Wildman–Crippen MR) is 77.3 cm³/mol. The summed E-state index contributed by atoms with van der Waals surface area (Å²) in [5, 5.41) is 58.5. The Bertz CT molecular complexity index is 673. The van der Waals surface area contributed by atoms with Gasteiger partial charge in [0.1, 0.15) is 12.2 Å². The summed E-state index contributed by atoms with van der Waals surface area (Å²) in [5.74, 6) is -2.09. The fraction of sp³-hybridized carbons (Fsp3) is 0.400. The molecule has 8 nitrogen and oxygen atoms in total. The lowest BCUT2D eigenvalue weighted by Gasteiger charge is -2.43. The Morgan fingerprint density at radius 2 is 1.96 bits per heavy atom. The van der Waals surface area contributed by atoms with Crippen LogP contribution in [-0.2, 0) is 9.53 Å². The first kappa shape index (κ1) is 15.9. The Kier molecular flexibility index (Phi) is 4.33. The van der Waals surface area contributed by atoms with Crippen molar-refractivity contribution in [1.82, 2.24) is 0 Å². The molecule has 0 unspecified atom stereocenters. The van der Waals surface area contributed by atoms with Crippen LogP contribution in [0, 0.1) is 0 Å². The molecule has 1 heterocycles. The lowest BCUT2D eigenvalue weighted by Crippen LogP contribution is -2.68. The topological polar surface area (TPSA) is 148 Å². The molecule has 1 aromatic carbocycles. The van der Waals surface area contributed by atoms with Gasteiger partial charge in [-0.3, -0.25) is 4.79 Å². The highest BCUT2D eigenvalue weighted by Gasteiger charge is 2.57. The molecule has 0 spiro atoms. The lowest BCUT2D eigenvalue weighted by molar-refractivity contribution is -0.308. The second kappa shape index (κ2) is 6.26. The van der Waals surface area contributed by atoms with Gasteiger partial charge in [-0.1, -0.05) is 12.1 Å². The van der Waals surface area contributed by atoms with Crippen molar-refractivity contribution in [3.63, 3.8) is 0 Å². The van der Waals surface area contributed by atoms with Crippen molar-refractivity contribution in [2.24, 2.45) is 0 Å². The number of carbonyl (C=O) groups excluding carboxylic acids is 1. The minimum atomic E-state index is -3.18. The van der Waals surface area contributed by atoms with Gasteiger partial charge in [0.15, 0.2) is 23.5 Å². The lowest BCUT2D eigenvalue weighted by atomic mass is 9.83. The molecule has 0 bridgehead atoms. The normalized spacial score (nSPS) is 38.5. The number of benzene rings is 1. The van der Waals surface area contributed by atoms with Gasteiger partial charge in [-0.2, -0.15) is 0 Å². The molecule has 1 aliphatic heterocycles. The third kappa shape index (κ3) is 3.07. The van der Waals surface area contributed by atoms with E-state index in [1.165, 1.54) is 19.1 Å². The summed E-state index contributed by atoms with van der Waals surface area (Å²) in [6.07, 6.45) is -6.35. The van der Waals surface area contributed by atoms with Crippen molar-refractivity contribution in [3.8, 4) is 11.5 Å². The Balaban J connectivity index is 2.32. The summed E-state index contributed by atoms with van der Waals surface area (Å²) >= 11 is 0. The van der Waals surface area contributed by atoms with Crippen LogP contribution >= 0.6 is 0 Å². The smallest absolute Gasteiger partial charge is 0.206 e. The van der Waals surface area contributed by atoms with Crippen molar-refractivity contribution >= 4 is 11.9 Å². The highest BCUT2D eigenvalue weighted by Crippen LogP contribution is 2.30. The predicted octanol–water partition coefficient (Wildman–Crippen LogP) is -1.13. The summed E-state index contributed by atoms with van der Waals surface area (Å²) in [6.45, 7) is 1.26. The van der Waals surface area contributed by atoms with Crippen LogP contribution in [0.15, 0.2) is 24.3 Å². The summed E-state index contributed by atoms with van der Waals surface area (Å²) in [5.41, 5.74) is -2.86. The highest BCUT2D eigenvalue weighted by molar-refractivity contribution is 6.01. The molecule has 5 atom stereocenters. The average Bonchev–Trinajstić information content (AvgIpc) is 2.51. The van der Waals surface area contributed by atoms with Crippen LogP contribution in [-0.4, -0.2) is 66.6 Å². The molecule has 0 aromatic heterocycles. The van der Waals surface area contributed by atoms with Gasteiger partial charge in [0.25, 0.3) is 0 Å². The number of rotatable bonds is 3. The fourth-order valence-corrected chi connectivity index (χ4v) is 2.16. The van der Waals surface area contributed by atoms with E-state index in [1.807, 2.05) is 0 Å². The number of hydrogen-bond donors (Lipinski definition) is 6. The maximum Gasteiger partial charge on any atom is 0.206 e. The minimum Gasteiger partial charge on any atom is -0.504 e. The van der Waals surface area contributed by atoms with Crippen LogP contribution in [0.1, 0.15) is 13.9 Å². The number of ether oxygens (including phenoxy) is 1. The van der Waals surface area contributed by atoms with Crippen molar-refractivity contribution in [2.45, 2.75) is 37.1 Å².